The Kier molecular flexibility index (Phi) is 1.36. The molecule has 2 aromatic rings. The fourth-order valence-corrected chi connectivity index (χ4v) is 0.993. The zero-order chi connectivity index (χ0) is 8.55. The Bertz CT molecular complexity index is 434. The van der Waals surface area contributed by atoms with E-state index < -0.39 is 0 Å². The highest BCUT2D eigenvalue weighted by molar-refractivity contribution is 5.91. The third kappa shape index (κ3) is 0.868. The summed E-state index contributed by atoms with van der Waals surface area (Å²) in [7, 11) is 0. The second-order valence-corrected chi connectivity index (χ2v) is 2.38. The van der Waals surface area contributed by atoms with Crippen molar-refractivity contribution in [2.75, 3.05) is 0 Å². The van der Waals surface area contributed by atoms with Crippen molar-refractivity contribution in [3.05, 3.63) is 24.4 Å². The Morgan fingerprint density at radius 1 is 1.50 bits per heavy atom. The number of carbonyl (C=O) groups is 1. The van der Waals surface area contributed by atoms with Gasteiger partial charge >= 0.3 is 0 Å². The summed E-state index contributed by atoms with van der Waals surface area (Å²) in [4.78, 5) is 14.8. The predicted molar refractivity (Wildman–Crippen MR) is 40.8 cm³/mol. The zero-order valence-electron chi connectivity index (χ0n) is 6.43. The number of ketones is 1. The molecule has 0 radical (unpaired) electrons. The van der Waals surface area contributed by atoms with Crippen molar-refractivity contribution in [3.63, 3.8) is 0 Å². The van der Waals surface area contributed by atoms with Crippen LogP contribution in [0.25, 0.3) is 5.65 Å². The first-order valence-electron chi connectivity index (χ1n) is 3.45. The van der Waals surface area contributed by atoms with Crippen LogP contribution in [-0.2, 0) is 0 Å². The first-order valence-corrected chi connectivity index (χ1v) is 3.45. The molecule has 0 spiro atoms. The van der Waals surface area contributed by atoms with Crippen LogP contribution in [0.4, 0.5) is 0 Å². The summed E-state index contributed by atoms with van der Waals surface area (Å²) < 4.78 is 1.61. The molecule has 0 saturated heterocycles. The van der Waals surface area contributed by atoms with Crippen LogP contribution < -0.4 is 0 Å². The van der Waals surface area contributed by atoms with Crippen LogP contribution >= 0.6 is 0 Å². The van der Waals surface area contributed by atoms with Gasteiger partial charge in [-0.1, -0.05) is 0 Å². The van der Waals surface area contributed by atoms with Crippen molar-refractivity contribution in [2.45, 2.75) is 6.92 Å². The van der Waals surface area contributed by atoms with Gasteiger partial charge in [0.25, 0.3) is 0 Å². The van der Waals surface area contributed by atoms with E-state index in [0.29, 0.717) is 11.5 Å². The molecule has 0 fully saturated rings. The lowest BCUT2D eigenvalue weighted by atomic mass is 10.4. The minimum absolute atomic E-state index is 0.103. The summed E-state index contributed by atoms with van der Waals surface area (Å²) >= 11 is 0. The largest absolute Gasteiger partial charge is 0.291 e. The first-order chi connectivity index (χ1) is 5.79. The summed E-state index contributed by atoms with van der Waals surface area (Å²) in [6.45, 7) is 1.46. The van der Waals surface area contributed by atoms with Crippen molar-refractivity contribution in [2.24, 2.45) is 0 Å². The molecule has 0 bridgehead atoms. The van der Waals surface area contributed by atoms with Crippen LogP contribution in [0.15, 0.2) is 18.6 Å². The molecule has 5 nitrogen and oxygen atoms in total. The van der Waals surface area contributed by atoms with E-state index in [0.717, 1.165) is 0 Å². The minimum atomic E-state index is -0.103. The molecule has 2 aromatic heterocycles. The fourth-order valence-electron chi connectivity index (χ4n) is 0.993. The Morgan fingerprint density at radius 2 is 2.33 bits per heavy atom. The maximum atomic E-state index is 11.0. The quantitative estimate of drug-likeness (QED) is 0.567. The van der Waals surface area contributed by atoms with Gasteiger partial charge in [-0.2, -0.15) is 0 Å². The monoisotopic (exact) mass is 162 g/mol. The van der Waals surface area contributed by atoms with Gasteiger partial charge in [-0.15, -0.1) is 10.2 Å². The summed E-state index contributed by atoms with van der Waals surface area (Å²) in [6, 6.07) is 0. The Morgan fingerprint density at radius 3 is 3.08 bits per heavy atom. The molecule has 5 heteroatoms. The zero-order valence-corrected chi connectivity index (χ0v) is 6.43. The molecule has 0 unspecified atom stereocenters. The van der Waals surface area contributed by atoms with Crippen molar-refractivity contribution < 1.29 is 4.79 Å². The number of hydrogen-bond acceptors (Lipinski definition) is 4. The van der Waals surface area contributed by atoms with E-state index in [-0.39, 0.29) is 5.78 Å². The van der Waals surface area contributed by atoms with Gasteiger partial charge in [-0.3, -0.25) is 14.2 Å². The van der Waals surface area contributed by atoms with Gasteiger partial charge in [-0.05, 0) is 0 Å². The van der Waals surface area contributed by atoms with Crippen LogP contribution in [0, 0.1) is 0 Å². The van der Waals surface area contributed by atoms with Crippen molar-refractivity contribution in [1.29, 1.82) is 0 Å². The van der Waals surface area contributed by atoms with E-state index in [9.17, 15) is 4.79 Å². The fraction of sp³-hybridized carbons (Fsp3) is 0.143. The third-order valence-electron chi connectivity index (χ3n) is 1.53. The normalized spacial score (nSPS) is 10.4. The van der Waals surface area contributed by atoms with E-state index in [4.69, 9.17) is 0 Å². The van der Waals surface area contributed by atoms with E-state index in [1.54, 1.807) is 23.0 Å². The first kappa shape index (κ1) is 6.90. The molecule has 0 aliphatic heterocycles. The SMILES string of the molecule is CC(=O)c1nnc2cnccn12. The summed E-state index contributed by atoms with van der Waals surface area (Å²) in [6.07, 6.45) is 4.80. The highest BCUT2D eigenvalue weighted by atomic mass is 16.1. The van der Waals surface area contributed by atoms with Crippen molar-refractivity contribution in [1.82, 2.24) is 19.6 Å². The van der Waals surface area contributed by atoms with Gasteiger partial charge in [0.15, 0.2) is 11.4 Å². The molecule has 0 aliphatic rings. The maximum Gasteiger partial charge on any atom is 0.204 e. The maximum absolute atomic E-state index is 11.0. The predicted octanol–water partition coefficient (Wildman–Crippen LogP) is 0.327. The lowest BCUT2D eigenvalue weighted by Gasteiger charge is -1.91. The van der Waals surface area contributed by atoms with Crippen LogP contribution in [0.1, 0.15) is 17.5 Å². The number of fused-ring (bicyclic) bond motifs is 1. The minimum Gasteiger partial charge on any atom is -0.291 e. The number of nitrogens with zero attached hydrogens (tertiary/aromatic N) is 4. The van der Waals surface area contributed by atoms with Crippen LogP contribution in [-0.4, -0.2) is 25.4 Å². The number of aromatic nitrogens is 4. The molecule has 0 N–H and O–H groups in total. The van der Waals surface area contributed by atoms with E-state index in [1.165, 1.54) is 6.92 Å². The number of Topliss-reactive ketones (excluding diaryl/α,β-unsaturated/α-hetero) is 1. The summed E-state index contributed by atoms with van der Waals surface area (Å²) in [5.41, 5.74) is 0.586. The Hall–Kier alpha value is -1.78. The lowest BCUT2D eigenvalue weighted by molar-refractivity contribution is 0.100. The molecule has 0 amide bonds. The molecule has 0 atom stereocenters. The van der Waals surface area contributed by atoms with Crippen molar-refractivity contribution >= 4 is 11.4 Å². The van der Waals surface area contributed by atoms with Crippen LogP contribution in [0.2, 0.25) is 0 Å². The van der Waals surface area contributed by atoms with Gasteiger partial charge in [0.05, 0.1) is 6.20 Å². The van der Waals surface area contributed by atoms with E-state index in [1.807, 2.05) is 0 Å². The molecule has 0 aliphatic carbocycles. The summed E-state index contributed by atoms with van der Waals surface area (Å²) in [5.74, 6) is 0.237. The molecular formula is C7H6N4O. The second kappa shape index (κ2) is 2.37. The molecular weight excluding hydrogens is 156 g/mol. The average Bonchev–Trinajstić information content (AvgIpc) is 2.47. The standard InChI is InChI=1S/C7H6N4O/c1-5(12)7-10-9-6-4-8-2-3-11(6)7/h2-4H,1H3. The number of carbonyl (C=O) groups excluding carboxylic acids is 1. The van der Waals surface area contributed by atoms with Crippen LogP contribution in [0.3, 0.4) is 0 Å². The van der Waals surface area contributed by atoms with Gasteiger partial charge in [0.1, 0.15) is 0 Å². The molecule has 0 aromatic carbocycles. The number of rotatable bonds is 1. The van der Waals surface area contributed by atoms with E-state index in [2.05, 4.69) is 15.2 Å². The topological polar surface area (TPSA) is 60.2 Å². The van der Waals surface area contributed by atoms with Gasteiger partial charge in [0.2, 0.25) is 5.82 Å². The number of hydrogen-bond donors (Lipinski definition) is 0. The molecule has 60 valence electrons. The second-order valence-electron chi connectivity index (χ2n) is 2.38. The average molecular weight is 162 g/mol. The van der Waals surface area contributed by atoms with Gasteiger partial charge in [0, 0.05) is 19.3 Å². The molecule has 2 heterocycles. The molecule has 2 rings (SSSR count). The summed E-state index contributed by atoms with van der Waals surface area (Å²) in [5, 5.41) is 7.49. The Labute approximate surface area is 68.1 Å². The smallest absolute Gasteiger partial charge is 0.204 e. The Balaban J connectivity index is 2.79. The highest BCUT2D eigenvalue weighted by Gasteiger charge is 2.07. The highest BCUT2D eigenvalue weighted by Crippen LogP contribution is 2.00. The van der Waals surface area contributed by atoms with Gasteiger partial charge in [-0.25, -0.2) is 0 Å². The van der Waals surface area contributed by atoms with Crippen molar-refractivity contribution in [3.8, 4) is 0 Å². The molecule has 12 heavy (non-hydrogen) atoms. The van der Waals surface area contributed by atoms with E-state index >= 15 is 0 Å². The third-order valence-corrected chi connectivity index (χ3v) is 1.53. The lowest BCUT2D eigenvalue weighted by Crippen LogP contribution is -1.99. The molecule has 0 saturated carbocycles. The van der Waals surface area contributed by atoms with Crippen LogP contribution in [0.5, 0.6) is 0 Å². The van der Waals surface area contributed by atoms with Gasteiger partial charge < -0.3 is 0 Å².